The van der Waals surface area contributed by atoms with Crippen LogP contribution in [0, 0.1) is 0 Å². The number of carboxylic acid groups (broad SMARTS) is 1. The molecule has 2 aromatic rings. The molecule has 6 nitrogen and oxygen atoms in total. The quantitative estimate of drug-likeness (QED) is 0.748. The van der Waals surface area contributed by atoms with E-state index in [9.17, 15) is 18.0 Å². The van der Waals surface area contributed by atoms with Crippen LogP contribution in [0.15, 0.2) is 68.8 Å². The van der Waals surface area contributed by atoms with E-state index in [4.69, 9.17) is 5.11 Å². The number of allylic oxidation sites excluding steroid dienone is 2. The molecule has 0 amide bonds. The second-order valence-electron chi connectivity index (χ2n) is 7.79. The first-order valence-corrected chi connectivity index (χ1v) is 11.6. The fourth-order valence-corrected chi connectivity index (χ4v) is 4.65. The number of carbonyl (C=O) groups excluding carboxylic acids is 1. The van der Waals surface area contributed by atoms with Gasteiger partial charge in [0.05, 0.1) is 21.3 Å². The molecule has 0 saturated heterocycles. The number of carboxylic acids is 1. The first kappa shape index (κ1) is 22.0. The Kier molecular flexibility index (Phi) is 6.01. The van der Waals surface area contributed by atoms with Crippen LogP contribution in [0.2, 0.25) is 0 Å². The van der Waals surface area contributed by atoms with Crippen molar-refractivity contribution in [3.05, 3.63) is 76.2 Å². The largest absolute Gasteiger partial charge is 0.481 e. The number of aliphatic carboxylic acids is 1. The Hall–Kier alpha value is -2.71. The first-order valence-electron chi connectivity index (χ1n) is 9.15. The van der Waals surface area contributed by atoms with Gasteiger partial charge in [0.1, 0.15) is 0 Å². The summed E-state index contributed by atoms with van der Waals surface area (Å²) in [6.07, 6.45) is 1.35. The Balaban J connectivity index is 2.06. The van der Waals surface area contributed by atoms with Crippen molar-refractivity contribution in [2.45, 2.75) is 31.1 Å². The first-order chi connectivity index (χ1) is 14.0. The van der Waals surface area contributed by atoms with Gasteiger partial charge in [0, 0.05) is 11.1 Å². The number of thioether (sulfide) groups is 1. The van der Waals surface area contributed by atoms with Crippen LogP contribution in [0.3, 0.4) is 0 Å². The van der Waals surface area contributed by atoms with Crippen molar-refractivity contribution >= 4 is 39.2 Å². The minimum atomic E-state index is -4.03. The van der Waals surface area contributed by atoms with E-state index in [0.717, 1.165) is 17.3 Å². The van der Waals surface area contributed by atoms with Gasteiger partial charge in [-0.2, -0.15) is 12.8 Å². The average Bonchev–Trinajstić information content (AvgIpc) is 2.68. The fourth-order valence-electron chi connectivity index (χ4n) is 2.94. The maximum absolute atomic E-state index is 12.9. The predicted molar refractivity (Wildman–Crippen MR) is 118 cm³/mol. The van der Waals surface area contributed by atoms with Crippen LogP contribution in [0.25, 0.3) is 0 Å². The molecule has 0 bridgehead atoms. The highest BCUT2D eigenvalue weighted by molar-refractivity contribution is 8.04. The Morgan fingerprint density at radius 3 is 2.20 bits per heavy atom. The van der Waals surface area contributed by atoms with Crippen molar-refractivity contribution < 1.29 is 23.1 Å². The van der Waals surface area contributed by atoms with Crippen molar-refractivity contribution in [3.63, 3.8) is 0 Å². The standard InChI is InChI=1S/C22H21NO5S2/c1-22(2,3)14-8-10-15(11-9-14)30(27,28)23-18-12-19(29-13-20(24)25)21(26)17-7-5-4-6-16(17)18/h4-12H,13H2,1-3H3,(H,24,25). The summed E-state index contributed by atoms with van der Waals surface area (Å²) in [5.74, 6) is -1.73. The minimum absolute atomic E-state index is 0.0468. The molecule has 0 unspecified atom stereocenters. The molecule has 0 radical (unpaired) electrons. The lowest BCUT2D eigenvalue weighted by molar-refractivity contribution is -0.133. The average molecular weight is 444 g/mol. The molecule has 0 aromatic heterocycles. The Morgan fingerprint density at radius 1 is 1.03 bits per heavy atom. The molecule has 30 heavy (non-hydrogen) atoms. The van der Waals surface area contributed by atoms with Crippen molar-refractivity contribution in [2.24, 2.45) is 4.40 Å². The molecule has 0 heterocycles. The number of Topliss-reactive ketones (excluding diaryl/α,β-unsaturated/α-hetero) is 1. The molecular weight excluding hydrogens is 422 g/mol. The number of hydrogen-bond acceptors (Lipinski definition) is 5. The maximum atomic E-state index is 12.9. The van der Waals surface area contributed by atoms with Gasteiger partial charge in [-0.3, -0.25) is 9.59 Å². The second-order valence-corrected chi connectivity index (χ2v) is 10.4. The molecule has 8 heteroatoms. The Bertz CT molecular complexity index is 1170. The van der Waals surface area contributed by atoms with Crippen molar-refractivity contribution in [2.75, 3.05) is 5.75 Å². The van der Waals surface area contributed by atoms with Crippen LogP contribution in [-0.4, -0.2) is 36.7 Å². The molecule has 0 spiro atoms. The van der Waals surface area contributed by atoms with Gasteiger partial charge in [0.2, 0.25) is 0 Å². The van der Waals surface area contributed by atoms with Gasteiger partial charge in [-0.1, -0.05) is 57.2 Å². The van der Waals surface area contributed by atoms with E-state index in [1.54, 1.807) is 36.4 Å². The number of rotatable bonds is 5. The van der Waals surface area contributed by atoms with Gasteiger partial charge in [0.15, 0.2) is 5.78 Å². The third-order valence-electron chi connectivity index (χ3n) is 4.53. The summed E-state index contributed by atoms with van der Waals surface area (Å²) >= 11 is 0.844. The number of sulfonamides is 1. The maximum Gasteiger partial charge on any atom is 0.313 e. The van der Waals surface area contributed by atoms with E-state index >= 15 is 0 Å². The lowest BCUT2D eigenvalue weighted by Crippen LogP contribution is -2.18. The molecule has 1 aliphatic carbocycles. The summed E-state index contributed by atoms with van der Waals surface area (Å²) in [4.78, 5) is 23.8. The molecule has 0 fully saturated rings. The fraction of sp³-hybridized carbons (Fsp3) is 0.227. The highest BCUT2D eigenvalue weighted by atomic mass is 32.2. The molecule has 1 aliphatic rings. The summed E-state index contributed by atoms with van der Waals surface area (Å²) in [6, 6.07) is 13.1. The third kappa shape index (κ3) is 4.71. The van der Waals surface area contributed by atoms with Crippen LogP contribution in [-0.2, 0) is 20.2 Å². The molecule has 0 aliphatic heterocycles. The topological polar surface area (TPSA) is 101 Å². The van der Waals surface area contributed by atoms with Crippen LogP contribution in [0.4, 0.5) is 0 Å². The van der Waals surface area contributed by atoms with Crippen LogP contribution in [0.1, 0.15) is 42.3 Å². The lowest BCUT2D eigenvalue weighted by atomic mass is 9.87. The van der Waals surface area contributed by atoms with E-state index in [1.807, 2.05) is 20.8 Å². The predicted octanol–water partition coefficient (Wildman–Crippen LogP) is 4.06. The molecule has 0 saturated carbocycles. The van der Waals surface area contributed by atoms with Gasteiger partial charge in [-0.05, 0) is 29.2 Å². The second kappa shape index (κ2) is 8.20. The molecule has 3 rings (SSSR count). The van der Waals surface area contributed by atoms with Crippen LogP contribution in [0.5, 0.6) is 0 Å². The smallest absolute Gasteiger partial charge is 0.313 e. The monoisotopic (exact) mass is 443 g/mol. The van der Waals surface area contributed by atoms with Crippen LogP contribution >= 0.6 is 11.8 Å². The number of carbonyl (C=O) groups is 2. The summed E-state index contributed by atoms with van der Waals surface area (Å²) in [5, 5.41) is 8.92. The molecule has 2 aromatic carbocycles. The zero-order valence-electron chi connectivity index (χ0n) is 16.7. The van der Waals surface area contributed by atoms with E-state index in [0.29, 0.717) is 11.1 Å². The number of fused-ring (bicyclic) bond motifs is 1. The Morgan fingerprint density at radius 2 is 1.63 bits per heavy atom. The number of nitrogens with zero attached hydrogens (tertiary/aromatic N) is 1. The molecular formula is C22H21NO5S2. The molecule has 0 atom stereocenters. The van der Waals surface area contributed by atoms with E-state index in [2.05, 4.69) is 4.40 Å². The summed E-state index contributed by atoms with van der Waals surface area (Å²) in [6.45, 7) is 6.11. The van der Waals surface area contributed by atoms with E-state index in [-0.39, 0.29) is 32.5 Å². The van der Waals surface area contributed by atoms with Crippen molar-refractivity contribution in [3.8, 4) is 0 Å². The number of benzene rings is 2. The molecule has 156 valence electrons. The summed E-state index contributed by atoms with van der Waals surface area (Å²) in [7, 11) is -4.03. The van der Waals surface area contributed by atoms with E-state index < -0.39 is 16.0 Å². The summed E-state index contributed by atoms with van der Waals surface area (Å²) in [5.41, 5.74) is 1.69. The van der Waals surface area contributed by atoms with E-state index in [1.165, 1.54) is 18.2 Å². The van der Waals surface area contributed by atoms with Crippen LogP contribution < -0.4 is 0 Å². The van der Waals surface area contributed by atoms with Gasteiger partial charge in [0.25, 0.3) is 10.0 Å². The zero-order chi connectivity index (χ0) is 22.1. The molecule has 1 N–H and O–H groups in total. The normalized spacial score (nSPS) is 15.6. The Labute approximate surface area is 179 Å². The third-order valence-corrected chi connectivity index (χ3v) is 6.84. The van der Waals surface area contributed by atoms with Gasteiger partial charge in [-0.15, -0.1) is 11.8 Å². The SMILES string of the molecule is CC(C)(C)c1ccc(S(=O)(=O)N=C2C=C(SCC(=O)O)C(=O)c3ccccc32)cc1. The highest BCUT2D eigenvalue weighted by Crippen LogP contribution is 2.30. The summed E-state index contributed by atoms with van der Waals surface area (Å²) < 4.78 is 29.8. The van der Waals surface area contributed by atoms with Gasteiger partial charge in [-0.25, -0.2) is 0 Å². The van der Waals surface area contributed by atoms with Crippen molar-refractivity contribution in [1.82, 2.24) is 0 Å². The number of ketones is 1. The van der Waals surface area contributed by atoms with Gasteiger partial charge >= 0.3 is 5.97 Å². The van der Waals surface area contributed by atoms with Crippen molar-refractivity contribution in [1.29, 1.82) is 0 Å². The zero-order valence-corrected chi connectivity index (χ0v) is 18.4. The minimum Gasteiger partial charge on any atom is -0.481 e. The lowest BCUT2D eigenvalue weighted by Gasteiger charge is -2.19. The van der Waals surface area contributed by atoms with Gasteiger partial charge < -0.3 is 5.11 Å². The highest BCUT2D eigenvalue weighted by Gasteiger charge is 2.27. The number of hydrogen-bond donors (Lipinski definition) is 1.